The number of benzene rings is 1. The van der Waals surface area contributed by atoms with Crippen LogP contribution in [0.15, 0.2) is 41.4 Å². The Bertz CT molecular complexity index is 720. The molecule has 0 atom stereocenters. The summed E-state index contributed by atoms with van der Waals surface area (Å²) < 4.78 is 26.7. The lowest BCUT2D eigenvalue weighted by Crippen LogP contribution is -2.48. The molecule has 0 aliphatic carbocycles. The Morgan fingerprint density at radius 3 is 2.41 bits per heavy atom. The normalized spacial score (nSPS) is 17.7. The highest BCUT2D eigenvalue weighted by atomic mass is 32.2. The van der Waals surface area contributed by atoms with Crippen LogP contribution in [-0.4, -0.2) is 48.8 Å². The van der Waals surface area contributed by atoms with Gasteiger partial charge in [0.05, 0.1) is 11.4 Å². The molecule has 0 saturated carbocycles. The van der Waals surface area contributed by atoms with Crippen molar-refractivity contribution in [3.8, 4) is 0 Å². The minimum absolute atomic E-state index is 0.374. The SMILES string of the molecule is Cc1cnc(CN2CCN(S(=O)(=O)c3ccccc3)CC2)s1. The van der Waals surface area contributed by atoms with E-state index in [9.17, 15) is 8.42 Å². The number of hydrogen-bond acceptors (Lipinski definition) is 5. The molecule has 0 bridgehead atoms. The van der Waals surface area contributed by atoms with E-state index in [0.29, 0.717) is 18.0 Å². The molecule has 2 heterocycles. The average Bonchev–Trinajstić information content (AvgIpc) is 2.94. The second-order valence-corrected chi connectivity index (χ2v) is 8.62. The number of nitrogens with zero attached hydrogens (tertiary/aromatic N) is 3. The van der Waals surface area contributed by atoms with Crippen molar-refractivity contribution in [2.24, 2.45) is 0 Å². The molecular formula is C15H19N3O2S2. The smallest absolute Gasteiger partial charge is 0.243 e. The number of hydrogen-bond donors (Lipinski definition) is 0. The van der Waals surface area contributed by atoms with Gasteiger partial charge in [0.2, 0.25) is 10.0 Å². The molecule has 3 rings (SSSR count). The van der Waals surface area contributed by atoms with Crippen molar-refractivity contribution in [2.75, 3.05) is 26.2 Å². The third kappa shape index (κ3) is 3.38. The van der Waals surface area contributed by atoms with Crippen molar-refractivity contribution in [2.45, 2.75) is 18.4 Å². The topological polar surface area (TPSA) is 53.5 Å². The molecule has 1 fully saturated rings. The average molecular weight is 337 g/mol. The second kappa shape index (κ2) is 6.45. The highest BCUT2D eigenvalue weighted by molar-refractivity contribution is 7.89. The fraction of sp³-hybridized carbons (Fsp3) is 0.400. The summed E-state index contributed by atoms with van der Waals surface area (Å²) in [6, 6.07) is 8.65. The Morgan fingerprint density at radius 2 is 1.82 bits per heavy atom. The molecule has 1 aliphatic heterocycles. The van der Waals surface area contributed by atoms with E-state index in [-0.39, 0.29) is 0 Å². The predicted octanol–water partition coefficient (Wildman–Crippen LogP) is 1.96. The highest BCUT2D eigenvalue weighted by Gasteiger charge is 2.28. The molecule has 0 spiro atoms. The number of aromatic nitrogens is 1. The zero-order valence-electron chi connectivity index (χ0n) is 12.5. The molecule has 0 amide bonds. The van der Waals surface area contributed by atoms with Crippen molar-refractivity contribution in [3.63, 3.8) is 0 Å². The van der Waals surface area contributed by atoms with Gasteiger partial charge in [0.25, 0.3) is 0 Å². The van der Waals surface area contributed by atoms with Gasteiger partial charge in [0.1, 0.15) is 5.01 Å². The van der Waals surface area contributed by atoms with Crippen molar-refractivity contribution in [1.82, 2.24) is 14.2 Å². The molecule has 118 valence electrons. The van der Waals surface area contributed by atoms with Crippen molar-refractivity contribution in [3.05, 3.63) is 46.4 Å². The summed E-state index contributed by atoms with van der Waals surface area (Å²) in [6.45, 7) is 5.39. The zero-order valence-corrected chi connectivity index (χ0v) is 14.1. The molecule has 0 radical (unpaired) electrons. The number of thiazole rings is 1. The third-order valence-electron chi connectivity index (χ3n) is 3.74. The summed E-state index contributed by atoms with van der Waals surface area (Å²) in [5, 5.41) is 1.09. The first kappa shape index (κ1) is 15.6. The lowest BCUT2D eigenvalue weighted by Gasteiger charge is -2.33. The van der Waals surface area contributed by atoms with Gasteiger partial charge >= 0.3 is 0 Å². The molecule has 1 saturated heterocycles. The Kier molecular flexibility index (Phi) is 4.58. The van der Waals surface area contributed by atoms with Crippen molar-refractivity contribution in [1.29, 1.82) is 0 Å². The van der Waals surface area contributed by atoms with E-state index < -0.39 is 10.0 Å². The predicted molar refractivity (Wildman–Crippen MR) is 87.3 cm³/mol. The molecule has 1 aliphatic rings. The Labute approximate surface area is 135 Å². The minimum Gasteiger partial charge on any atom is -0.294 e. The van der Waals surface area contributed by atoms with E-state index in [4.69, 9.17) is 0 Å². The summed E-state index contributed by atoms with van der Waals surface area (Å²) in [5.74, 6) is 0. The van der Waals surface area contributed by atoms with Crippen LogP contribution in [0.2, 0.25) is 0 Å². The van der Waals surface area contributed by atoms with Crippen LogP contribution in [0.1, 0.15) is 9.88 Å². The van der Waals surface area contributed by atoms with E-state index in [1.807, 2.05) is 19.2 Å². The van der Waals surface area contributed by atoms with Gasteiger partial charge in [-0.3, -0.25) is 4.90 Å². The molecule has 1 aromatic heterocycles. The largest absolute Gasteiger partial charge is 0.294 e. The van der Waals surface area contributed by atoms with E-state index in [1.54, 1.807) is 39.9 Å². The molecule has 5 nitrogen and oxygen atoms in total. The van der Waals surface area contributed by atoms with Gasteiger partial charge in [0.15, 0.2) is 0 Å². The number of piperazine rings is 1. The molecule has 7 heteroatoms. The van der Waals surface area contributed by atoms with E-state index in [1.165, 1.54) is 4.88 Å². The molecule has 0 unspecified atom stereocenters. The summed E-state index contributed by atoms with van der Waals surface area (Å²) in [5.41, 5.74) is 0. The summed E-state index contributed by atoms with van der Waals surface area (Å²) in [6.07, 6.45) is 1.89. The van der Waals surface area contributed by atoms with Crippen LogP contribution in [-0.2, 0) is 16.6 Å². The Balaban J connectivity index is 1.62. The maximum absolute atomic E-state index is 12.6. The number of rotatable bonds is 4. The maximum atomic E-state index is 12.6. The lowest BCUT2D eigenvalue weighted by atomic mass is 10.3. The van der Waals surface area contributed by atoms with E-state index >= 15 is 0 Å². The summed E-state index contributed by atoms with van der Waals surface area (Å²) in [4.78, 5) is 8.21. The van der Waals surface area contributed by atoms with Gasteiger partial charge in [-0.1, -0.05) is 18.2 Å². The monoisotopic (exact) mass is 337 g/mol. The second-order valence-electron chi connectivity index (χ2n) is 5.36. The highest BCUT2D eigenvalue weighted by Crippen LogP contribution is 2.19. The van der Waals surface area contributed by atoms with Crippen LogP contribution in [0.25, 0.3) is 0 Å². The molecule has 22 heavy (non-hydrogen) atoms. The number of sulfonamides is 1. The number of aryl methyl sites for hydroxylation is 1. The quantitative estimate of drug-likeness (QED) is 0.856. The lowest BCUT2D eigenvalue weighted by molar-refractivity contribution is 0.181. The standard InChI is InChI=1S/C15H19N3O2S2/c1-13-11-16-15(21-13)12-17-7-9-18(10-8-17)22(19,20)14-5-3-2-4-6-14/h2-6,11H,7-10,12H2,1H3. The fourth-order valence-corrected chi connectivity index (χ4v) is 4.81. The Morgan fingerprint density at radius 1 is 1.14 bits per heavy atom. The first-order chi connectivity index (χ1) is 10.6. The van der Waals surface area contributed by atoms with E-state index in [2.05, 4.69) is 9.88 Å². The van der Waals surface area contributed by atoms with Crippen LogP contribution in [0, 0.1) is 6.92 Å². The maximum Gasteiger partial charge on any atom is 0.243 e. The van der Waals surface area contributed by atoms with Gasteiger partial charge in [-0.15, -0.1) is 11.3 Å². The van der Waals surface area contributed by atoms with Gasteiger partial charge in [-0.2, -0.15) is 4.31 Å². The van der Waals surface area contributed by atoms with E-state index in [0.717, 1.165) is 24.6 Å². The van der Waals surface area contributed by atoms with Gasteiger partial charge in [-0.05, 0) is 19.1 Å². The Hall–Kier alpha value is -1.28. The molecule has 2 aromatic rings. The molecule has 1 aromatic carbocycles. The summed E-state index contributed by atoms with van der Waals surface area (Å²) >= 11 is 1.70. The van der Waals surface area contributed by atoms with Crippen LogP contribution in [0.5, 0.6) is 0 Å². The summed E-state index contributed by atoms with van der Waals surface area (Å²) in [7, 11) is -3.36. The van der Waals surface area contributed by atoms with Crippen LogP contribution < -0.4 is 0 Å². The van der Waals surface area contributed by atoms with Gasteiger partial charge in [0, 0.05) is 37.3 Å². The van der Waals surface area contributed by atoms with Crippen LogP contribution in [0.3, 0.4) is 0 Å². The van der Waals surface area contributed by atoms with Crippen LogP contribution in [0.4, 0.5) is 0 Å². The molecule has 0 N–H and O–H groups in total. The van der Waals surface area contributed by atoms with Crippen molar-refractivity contribution < 1.29 is 8.42 Å². The van der Waals surface area contributed by atoms with Gasteiger partial charge in [-0.25, -0.2) is 13.4 Å². The van der Waals surface area contributed by atoms with Crippen LogP contribution >= 0.6 is 11.3 Å². The van der Waals surface area contributed by atoms with Gasteiger partial charge < -0.3 is 0 Å². The zero-order chi connectivity index (χ0) is 15.6. The first-order valence-electron chi connectivity index (χ1n) is 7.24. The third-order valence-corrected chi connectivity index (χ3v) is 6.55. The fourth-order valence-electron chi connectivity index (χ4n) is 2.54. The minimum atomic E-state index is -3.36. The first-order valence-corrected chi connectivity index (χ1v) is 9.50. The molecular weight excluding hydrogens is 318 g/mol. The van der Waals surface area contributed by atoms with Crippen molar-refractivity contribution >= 4 is 21.4 Å².